The number of nitrogens with one attached hydrogen (secondary N) is 2. The summed E-state index contributed by atoms with van der Waals surface area (Å²) in [5.74, 6) is 1.84. The summed E-state index contributed by atoms with van der Waals surface area (Å²) in [5, 5.41) is 5.96. The lowest BCUT2D eigenvalue weighted by atomic mass is 10.0. The number of anilines is 3. The molecular formula is C22H22N4O3. The minimum atomic E-state index is -0.296. The molecular weight excluding hydrogens is 368 g/mol. The Morgan fingerprint density at radius 3 is 2.45 bits per heavy atom. The monoisotopic (exact) mass is 390 g/mol. The van der Waals surface area contributed by atoms with Gasteiger partial charge in [-0.15, -0.1) is 0 Å². The summed E-state index contributed by atoms with van der Waals surface area (Å²) in [6.45, 7) is 5.32. The molecule has 1 aliphatic rings. The minimum Gasteiger partial charge on any atom is -0.486 e. The summed E-state index contributed by atoms with van der Waals surface area (Å²) in [6, 6.07) is 14.9. The van der Waals surface area contributed by atoms with Crippen molar-refractivity contribution in [1.82, 2.24) is 9.97 Å². The Labute approximate surface area is 169 Å². The first-order valence-corrected chi connectivity index (χ1v) is 9.49. The molecule has 4 rings (SSSR count). The van der Waals surface area contributed by atoms with Crippen LogP contribution in [-0.2, 0) is 0 Å². The lowest BCUT2D eigenvalue weighted by Crippen LogP contribution is -2.16. The van der Waals surface area contributed by atoms with Gasteiger partial charge in [-0.2, -0.15) is 0 Å². The predicted octanol–water partition coefficient (Wildman–Crippen LogP) is 4.37. The van der Waals surface area contributed by atoms with E-state index in [0.717, 1.165) is 11.4 Å². The van der Waals surface area contributed by atoms with Gasteiger partial charge in [0.25, 0.3) is 5.91 Å². The number of amides is 1. The van der Waals surface area contributed by atoms with Gasteiger partial charge < -0.3 is 20.1 Å². The number of nitrogens with zero attached hydrogens (tertiary/aromatic N) is 2. The van der Waals surface area contributed by atoms with Crippen molar-refractivity contribution in [2.24, 2.45) is 0 Å². The van der Waals surface area contributed by atoms with E-state index in [1.807, 2.05) is 42.5 Å². The smallest absolute Gasteiger partial charge is 0.274 e. The molecule has 3 aromatic rings. The molecule has 0 saturated heterocycles. The maximum absolute atomic E-state index is 12.6. The highest BCUT2D eigenvalue weighted by Gasteiger charge is 2.13. The number of hydrogen-bond acceptors (Lipinski definition) is 6. The van der Waals surface area contributed by atoms with E-state index < -0.39 is 0 Å². The van der Waals surface area contributed by atoms with Crippen molar-refractivity contribution in [3.63, 3.8) is 0 Å². The second-order valence-electron chi connectivity index (χ2n) is 6.98. The summed E-state index contributed by atoms with van der Waals surface area (Å²) in [5.41, 5.74) is 2.96. The molecule has 0 saturated carbocycles. The number of fused-ring (bicyclic) bond motifs is 1. The largest absolute Gasteiger partial charge is 0.486 e. The van der Waals surface area contributed by atoms with Gasteiger partial charge in [0.15, 0.2) is 11.5 Å². The SMILES string of the molecule is CC(C)c1ccc(NC(=O)c2ccnc(Nc3ccc4c(c3)OCCO4)n2)cc1. The van der Waals surface area contributed by atoms with Crippen LogP contribution in [0.5, 0.6) is 11.5 Å². The van der Waals surface area contributed by atoms with Gasteiger partial charge in [-0.3, -0.25) is 4.79 Å². The lowest BCUT2D eigenvalue weighted by Gasteiger charge is -2.19. The molecule has 2 aromatic carbocycles. The molecule has 2 N–H and O–H groups in total. The van der Waals surface area contributed by atoms with E-state index in [1.54, 1.807) is 12.3 Å². The highest BCUT2D eigenvalue weighted by atomic mass is 16.6. The molecule has 1 aliphatic heterocycles. The van der Waals surface area contributed by atoms with E-state index >= 15 is 0 Å². The Balaban J connectivity index is 1.46. The number of rotatable bonds is 5. The fourth-order valence-corrected chi connectivity index (χ4v) is 2.94. The lowest BCUT2D eigenvalue weighted by molar-refractivity contribution is 0.102. The maximum atomic E-state index is 12.6. The van der Waals surface area contributed by atoms with Crippen LogP contribution in [0, 0.1) is 0 Å². The number of aromatic nitrogens is 2. The fraction of sp³-hybridized carbons (Fsp3) is 0.227. The molecule has 2 heterocycles. The predicted molar refractivity (Wildman–Crippen MR) is 111 cm³/mol. The van der Waals surface area contributed by atoms with Crippen LogP contribution in [0.15, 0.2) is 54.7 Å². The van der Waals surface area contributed by atoms with Gasteiger partial charge in [0.1, 0.15) is 18.9 Å². The first-order valence-electron chi connectivity index (χ1n) is 9.49. The van der Waals surface area contributed by atoms with Gasteiger partial charge in [0, 0.05) is 23.6 Å². The van der Waals surface area contributed by atoms with Gasteiger partial charge >= 0.3 is 0 Å². The van der Waals surface area contributed by atoms with Gasteiger partial charge in [0.2, 0.25) is 5.95 Å². The second kappa shape index (κ2) is 8.18. The molecule has 0 atom stereocenters. The van der Waals surface area contributed by atoms with Gasteiger partial charge in [-0.1, -0.05) is 26.0 Å². The van der Waals surface area contributed by atoms with Crippen molar-refractivity contribution < 1.29 is 14.3 Å². The maximum Gasteiger partial charge on any atom is 0.274 e. The Bertz CT molecular complexity index is 1020. The number of ether oxygens (including phenoxy) is 2. The minimum absolute atomic E-state index is 0.271. The first-order chi connectivity index (χ1) is 14.1. The molecule has 1 aromatic heterocycles. The van der Waals surface area contributed by atoms with Crippen LogP contribution in [0.3, 0.4) is 0 Å². The molecule has 0 radical (unpaired) electrons. The van der Waals surface area contributed by atoms with Crippen LogP contribution in [0.25, 0.3) is 0 Å². The van der Waals surface area contributed by atoms with E-state index in [1.165, 1.54) is 5.56 Å². The van der Waals surface area contributed by atoms with Gasteiger partial charge in [-0.25, -0.2) is 9.97 Å². The third kappa shape index (κ3) is 4.45. The summed E-state index contributed by atoms with van der Waals surface area (Å²) < 4.78 is 11.1. The Kier molecular flexibility index (Phi) is 5.29. The zero-order chi connectivity index (χ0) is 20.2. The topological polar surface area (TPSA) is 85.4 Å². The third-order valence-corrected chi connectivity index (χ3v) is 4.52. The van der Waals surface area contributed by atoms with Crippen molar-refractivity contribution >= 4 is 23.2 Å². The van der Waals surface area contributed by atoms with Crippen LogP contribution in [0.4, 0.5) is 17.3 Å². The highest BCUT2D eigenvalue weighted by molar-refractivity contribution is 6.03. The number of carbonyl (C=O) groups excluding carboxylic acids is 1. The number of carbonyl (C=O) groups is 1. The molecule has 0 bridgehead atoms. The van der Waals surface area contributed by atoms with E-state index in [2.05, 4.69) is 34.4 Å². The highest BCUT2D eigenvalue weighted by Crippen LogP contribution is 2.33. The average molecular weight is 390 g/mol. The van der Waals surface area contributed by atoms with Crippen LogP contribution in [-0.4, -0.2) is 29.1 Å². The van der Waals surface area contributed by atoms with Crippen molar-refractivity contribution in [3.05, 3.63) is 66.0 Å². The molecule has 0 spiro atoms. The summed E-state index contributed by atoms with van der Waals surface area (Å²) >= 11 is 0. The summed E-state index contributed by atoms with van der Waals surface area (Å²) in [7, 11) is 0. The quantitative estimate of drug-likeness (QED) is 0.673. The Hall–Kier alpha value is -3.61. The Morgan fingerprint density at radius 1 is 0.966 bits per heavy atom. The molecule has 148 valence electrons. The third-order valence-electron chi connectivity index (χ3n) is 4.52. The van der Waals surface area contributed by atoms with Crippen molar-refractivity contribution in [2.45, 2.75) is 19.8 Å². The normalized spacial score (nSPS) is 12.5. The zero-order valence-corrected chi connectivity index (χ0v) is 16.3. The molecule has 7 heteroatoms. The standard InChI is InChI=1S/C22H22N4O3/c1-14(2)15-3-5-16(6-4-15)24-21(27)18-9-10-23-22(26-18)25-17-7-8-19-20(13-17)29-12-11-28-19/h3-10,13-14H,11-12H2,1-2H3,(H,24,27)(H,23,25,26). The zero-order valence-electron chi connectivity index (χ0n) is 16.3. The number of benzene rings is 2. The molecule has 0 unspecified atom stereocenters. The van der Waals surface area contributed by atoms with E-state index in [9.17, 15) is 4.79 Å². The average Bonchev–Trinajstić information content (AvgIpc) is 2.74. The molecule has 0 fully saturated rings. The summed E-state index contributed by atoms with van der Waals surface area (Å²) in [4.78, 5) is 21.1. The molecule has 7 nitrogen and oxygen atoms in total. The van der Waals surface area contributed by atoms with Crippen LogP contribution >= 0.6 is 0 Å². The van der Waals surface area contributed by atoms with E-state index in [0.29, 0.717) is 36.6 Å². The van der Waals surface area contributed by atoms with Crippen LogP contribution < -0.4 is 20.1 Å². The fourth-order valence-electron chi connectivity index (χ4n) is 2.94. The van der Waals surface area contributed by atoms with Crippen LogP contribution in [0.1, 0.15) is 35.8 Å². The van der Waals surface area contributed by atoms with Gasteiger partial charge in [-0.05, 0) is 41.8 Å². The molecule has 0 aliphatic carbocycles. The molecule has 1 amide bonds. The van der Waals surface area contributed by atoms with Crippen LogP contribution in [0.2, 0.25) is 0 Å². The summed E-state index contributed by atoms with van der Waals surface area (Å²) in [6.07, 6.45) is 1.55. The molecule has 29 heavy (non-hydrogen) atoms. The van der Waals surface area contributed by atoms with E-state index in [4.69, 9.17) is 9.47 Å². The van der Waals surface area contributed by atoms with Crippen molar-refractivity contribution in [2.75, 3.05) is 23.8 Å². The van der Waals surface area contributed by atoms with Crippen molar-refractivity contribution in [3.8, 4) is 11.5 Å². The van der Waals surface area contributed by atoms with Gasteiger partial charge in [0.05, 0.1) is 0 Å². The number of hydrogen-bond donors (Lipinski definition) is 2. The first kappa shape index (κ1) is 18.7. The second-order valence-corrected chi connectivity index (χ2v) is 6.98. The van der Waals surface area contributed by atoms with E-state index in [-0.39, 0.29) is 11.6 Å². The van der Waals surface area contributed by atoms with Crippen molar-refractivity contribution in [1.29, 1.82) is 0 Å². The Morgan fingerprint density at radius 2 is 1.69 bits per heavy atom.